The van der Waals surface area contributed by atoms with Gasteiger partial charge in [0.05, 0.1) is 10.5 Å². The number of benzene rings is 1. The molecule has 6 heteroatoms. The van der Waals surface area contributed by atoms with Crippen LogP contribution in [0.4, 0.5) is 11.4 Å². The molecule has 0 amide bonds. The number of nitro groups is 1. The zero-order valence-electron chi connectivity index (χ0n) is 11.6. The Labute approximate surface area is 118 Å². The second-order valence-electron chi connectivity index (χ2n) is 5.14. The molecule has 1 N–H and O–H groups in total. The van der Waals surface area contributed by atoms with Gasteiger partial charge in [0.1, 0.15) is 5.02 Å². The van der Waals surface area contributed by atoms with E-state index in [-0.39, 0.29) is 22.4 Å². The maximum absolute atomic E-state index is 10.8. The van der Waals surface area contributed by atoms with Crippen LogP contribution in [0.15, 0.2) is 18.2 Å². The molecule has 0 aromatic heterocycles. The summed E-state index contributed by atoms with van der Waals surface area (Å²) in [6, 6.07) is 4.82. The molecule has 1 atom stereocenters. The van der Waals surface area contributed by atoms with Crippen molar-refractivity contribution in [2.24, 2.45) is 0 Å². The summed E-state index contributed by atoms with van der Waals surface area (Å²) in [5.41, 5.74) is 0.338. The fourth-order valence-corrected chi connectivity index (χ4v) is 2.09. The normalized spacial score (nSPS) is 13.1. The fraction of sp³-hybridized carbons (Fsp3) is 0.538. The van der Waals surface area contributed by atoms with Gasteiger partial charge in [0.15, 0.2) is 0 Å². The van der Waals surface area contributed by atoms with Crippen molar-refractivity contribution in [3.05, 3.63) is 33.3 Å². The van der Waals surface area contributed by atoms with Gasteiger partial charge in [-0.25, -0.2) is 0 Å². The Morgan fingerprint density at radius 2 is 2.16 bits per heavy atom. The molecule has 1 unspecified atom stereocenters. The average Bonchev–Trinajstić information content (AvgIpc) is 2.30. The molecule has 0 fully saturated rings. The molecule has 106 valence electrons. The van der Waals surface area contributed by atoms with Crippen LogP contribution < -0.4 is 5.32 Å². The highest BCUT2D eigenvalue weighted by Gasteiger charge is 2.21. The Bertz CT molecular complexity index is 463. The Hall–Kier alpha value is -1.33. The predicted octanol–water partition coefficient (Wildman–Crippen LogP) is 3.86. The fourth-order valence-electron chi connectivity index (χ4n) is 1.90. The van der Waals surface area contributed by atoms with Crippen molar-refractivity contribution >= 4 is 23.0 Å². The van der Waals surface area contributed by atoms with E-state index in [4.69, 9.17) is 16.3 Å². The summed E-state index contributed by atoms with van der Waals surface area (Å²) >= 11 is 5.77. The van der Waals surface area contributed by atoms with Crippen molar-refractivity contribution in [1.29, 1.82) is 0 Å². The molecule has 0 heterocycles. The highest BCUT2D eigenvalue weighted by molar-refractivity contribution is 6.32. The molecule has 0 aliphatic heterocycles. The lowest BCUT2D eigenvalue weighted by Crippen LogP contribution is -2.31. The highest BCUT2D eigenvalue weighted by Crippen LogP contribution is 2.28. The Balaban J connectivity index is 2.77. The van der Waals surface area contributed by atoms with Crippen molar-refractivity contribution in [3.8, 4) is 0 Å². The maximum Gasteiger partial charge on any atom is 0.289 e. The SMILES string of the molecule is COC(C)(C)CC(C)Nc1ccc(Cl)c([N+](=O)[O-])c1. The van der Waals surface area contributed by atoms with Crippen LogP contribution >= 0.6 is 11.6 Å². The number of hydrogen-bond donors (Lipinski definition) is 1. The van der Waals surface area contributed by atoms with Crippen molar-refractivity contribution in [2.45, 2.75) is 38.8 Å². The van der Waals surface area contributed by atoms with Crippen LogP contribution in [0.25, 0.3) is 0 Å². The van der Waals surface area contributed by atoms with E-state index in [1.54, 1.807) is 13.2 Å². The lowest BCUT2D eigenvalue weighted by molar-refractivity contribution is -0.384. The smallest absolute Gasteiger partial charge is 0.289 e. The predicted molar refractivity (Wildman–Crippen MR) is 76.9 cm³/mol. The average molecular weight is 287 g/mol. The molecule has 0 saturated carbocycles. The first-order valence-electron chi connectivity index (χ1n) is 6.01. The van der Waals surface area contributed by atoms with Crippen molar-refractivity contribution < 1.29 is 9.66 Å². The van der Waals surface area contributed by atoms with Crippen LogP contribution in [0.5, 0.6) is 0 Å². The van der Waals surface area contributed by atoms with E-state index in [0.29, 0.717) is 5.69 Å². The zero-order valence-corrected chi connectivity index (χ0v) is 12.3. The van der Waals surface area contributed by atoms with Gasteiger partial charge in [-0.05, 0) is 39.3 Å². The number of anilines is 1. The third-order valence-corrected chi connectivity index (χ3v) is 3.23. The van der Waals surface area contributed by atoms with Gasteiger partial charge in [-0.2, -0.15) is 0 Å². The van der Waals surface area contributed by atoms with Crippen LogP contribution in [0.3, 0.4) is 0 Å². The summed E-state index contributed by atoms with van der Waals surface area (Å²) in [4.78, 5) is 10.3. The number of halogens is 1. The molecule has 0 bridgehead atoms. The quantitative estimate of drug-likeness (QED) is 0.637. The number of rotatable bonds is 6. The first kappa shape index (κ1) is 15.7. The minimum atomic E-state index is -0.489. The van der Waals surface area contributed by atoms with Crippen molar-refractivity contribution in [3.63, 3.8) is 0 Å². The van der Waals surface area contributed by atoms with Crippen molar-refractivity contribution in [2.75, 3.05) is 12.4 Å². The molecule has 0 spiro atoms. The van der Waals surface area contributed by atoms with Gasteiger partial charge in [0, 0.05) is 24.9 Å². The molecule has 1 aromatic carbocycles. The van der Waals surface area contributed by atoms with Crippen LogP contribution in [0.2, 0.25) is 5.02 Å². The number of hydrogen-bond acceptors (Lipinski definition) is 4. The summed E-state index contributed by atoms with van der Waals surface area (Å²) in [5, 5.41) is 14.2. The third-order valence-electron chi connectivity index (χ3n) is 2.91. The Morgan fingerprint density at radius 3 is 2.68 bits per heavy atom. The van der Waals surface area contributed by atoms with Crippen LogP contribution in [-0.2, 0) is 4.74 Å². The number of nitrogens with zero attached hydrogens (tertiary/aromatic N) is 1. The van der Waals surface area contributed by atoms with E-state index in [1.165, 1.54) is 12.1 Å². The lowest BCUT2D eigenvalue weighted by atomic mass is 9.99. The Kier molecular flexibility index (Phi) is 5.14. The molecule has 5 nitrogen and oxygen atoms in total. The monoisotopic (exact) mass is 286 g/mol. The first-order chi connectivity index (χ1) is 8.75. The molecule has 0 aliphatic rings. The minimum absolute atomic E-state index is 0.0927. The summed E-state index contributed by atoms with van der Waals surface area (Å²) < 4.78 is 5.36. The molecular formula is C13H19ClN2O3. The molecule has 0 aliphatic carbocycles. The minimum Gasteiger partial charge on any atom is -0.382 e. The molecule has 1 rings (SSSR count). The molecule has 19 heavy (non-hydrogen) atoms. The summed E-state index contributed by atoms with van der Waals surface area (Å²) in [6.45, 7) is 5.99. The Morgan fingerprint density at radius 1 is 1.53 bits per heavy atom. The zero-order chi connectivity index (χ0) is 14.6. The number of ether oxygens (including phenoxy) is 1. The summed E-state index contributed by atoms with van der Waals surface area (Å²) in [7, 11) is 1.67. The lowest BCUT2D eigenvalue weighted by Gasteiger charge is -2.27. The topological polar surface area (TPSA) is 64.4 Å². The third kappa shape index (κ3) is 4.69. The largest absolute Gasteiger partial charge is 0.382 e. The number of nitrogens with one attached hydrogen (secondary N) is 1. The van der Waals surface area contributed by atoms with E-state index in [1.807, 2.05) is 20.8 Å². The number of methoxy groups -OCH3 is 1. The van der Waals surface area contributed by atoms with Gasteiger partial charge in [-0.15, -0.1) is 0 Å². The second-order valence-corrected chi connectivity index (χ2v) is 5.54. The van der Waals surface area contributed by atoms with Gasteiger partial charge in [0.2, 0.25) is 0 Å². The van der Waals surface area contributed by atoms with Crippen molar-refractivity contribution in [1.82, 2.24) is 0 Å². The van der Waals surface area contributed by atoms with E-state index >= 15 is 0 Å². The van der Waals surface area contributed by atoms with Crippen LogP contribution in [0, 0.1) is 10.1 Å². The van der Waals surface area contributed by atoms with Gasteiger partial charge >= 0.3 is 0 Å². The van der Waals surface area contributed by atoms with Gasteiger partial charge in [-0.3, -0.25) is 10.1 Å². The molecule has 0 radical (unpaired) electrons. The molecule has 1 aromatic rings. The summed E-state index contributed by atoms with van der Waals surface area (Å²) in [5.74, 6) is 0. The number of nitro benzene ring substituents is 1. The first-order valence-corrected chi connectivity index (χ1v) is 6.38. The van der Waals surface area contributed by atoms with Gasteiger partial charge in [-0.1, -0.05) is 11.6 Å². The standard InChI is InChI=1S/C13H19ClN2O3/c1-9(8-13(2,3)19-4)15-10-5-6-11(14)12(7-10)16(17)18/h5-7,9,15H,8H2,1-4H3. The van der Waals surface area contributed by atoms with Gasteiger partial charge in [0.25, 0.3) is 5.69 Å². The van der Waals surface area contributed by atoms with Gasteiger partial charge < -0.3 is 10.1 Å². The second kappa shape index (κ2) is 6.21. The van der Waals surface area contributed by atoms with E-state index in [0.717, 1.165) is 6.42 Å². The summed E-state index contributed by atoms with van der Waals surface area (Å²) in [6.07, 6.45) is 0.778. The van der Waals surface area contributed by atoms with Crippen LogP contribution in [-0.4, -0.2) is 23.7 Å². The molecule has 0 saturated heterocycles. The van der Waals surface area contributed by atoms with E-state index < -0.39 is 4.92 Å². The van der Waals surface area contributed by atoms with E-state index in [2.05, 4.69) is 5.32 Å². The van der Waals surface area contributed by atoms with Crippen LogP contribution in [0.1, 0.15) is 27.2 Å². The maximum atomic E-state index is 10.8. The highest BCUT2D eigenvalue weighted by atomic mass is 35.5. The molecular weight excluding hydrogens is 268 g/mol. The van der Waals surface area contributed by atoms with E-state index in [9.17, 15) is 10.1 Å².